The van der Waals surface area contributed by atoms with Gasteiger partial charge in [0, 0.05) is 0 Å². The van der Waals surface area contributed by atoms with Gasteiger partial charge >= 0.3 is 0 Å². The maximum Gasteiger partial charge on any atom is 0.115 e. The largest absolute Gasteiger partial charge is 0.508 e. The number of benzene rings is 1. The number of aromatic hydroxyl groups is 2. The molecule has 0 amide bonds. The van der Waals surface area contributed by atoms with Gasteiger partial charge in [-0.25, -0.2) is 0 Å². The molecule has 0 heterocycles. The fraction of sp³-hybridized carbons (Fsp3) is 0.200. The van der Waals surface area contributed by atoms with E-state index in [0.29, 0.717) is 0 Å². The Labute approximate surface area is 72.8 Å². The van der Waals surface area contributed by atoms with Crippen LogP contribution in [0.1, 0.15) is 13.8 Å². The third kappa shape index (κ3) is 5.35. The highest BCUT2D eigenvalue weighted by atomic mass is 16.3. The minimum absolute atomic E-state index is 0.169. The summed E-state index contributed by atoms with van der Waals surface area (Å²) in [6.07, 6.45) is 4.00. The first kappa shape index (κ1) is 10.6. The normalized spacial score (nSPS) is 9.17. The van der Waals surface area contributed by atoms with Gasteiger partial charge in [-0.15, -0.1) is 0 Å². The van der Waals surface area contributed by atoms with Crippen molar-refractivity contribution in [2.75, 3.05) is 0 Å². The highest BCUT2D eigenvalue weighted by molar-refractivity contribution is 5.28. The van der Waals surface area contributed by atoms with Crippen molar-refractivity contribution in [1.82, 2.24) is 0 Å². The monoisotopic (exact) mass is 166 g/mol. The molecule has 0 saturated carbocycles. The quantitative estimate of drug-likeness (QED) is 0.459. The fourth-order valence-electron chi connectivity index (χ4n) is 0.453. The minimum Gasteiger partial charge on any atom is -0.508 e. The van der Waals surface area contributed by atoms with Gasteiger partial charge in [0.1, 0.15) is 11.5 Å². The molecule has 0 atom stereocenters. The molecule has 0 saturated heterocycles. The Morgan fingerprint density at radius 2 is 1.08 bits per heavy atom. The summed E-state index contributed by atoms with van der Waals surface area (Å²) < 4.78 is 0. The lowest BCUT2D eigenvalue weighted by molar-refractivity contribution is 0.460. The minimum atomic E-state index is 0.169. The van der Waals surface area contributed by atoms with Crippen molar-refractivity contribution in [3.63, 3.8) is 0 Å². The second-order valence-electron chi connectivity index (χ2n) is 2.18. The first-order valence-corrected chi connectivity index (χ1v) is 3.76. The average molecular weight is 166 g/mol. The third-order valence-corrected chi connectivity index (χ3v) is 1.18. The molecule has 0 radical (unpaired) electrons. The zero-order valence-electron chi connectivity index (χ0n) is 7.36. The summed E-state index contributed by atoms with van der Waals surface area (Å²) in [6.45, 7) is 4.00. The van der Waals surface area contributed by atoms with E-state index >= 15 is 0 Å². The highest BCUT2D eigenvalue weighted by Gasteiger charge is 1.84. The lowest BCUT2D eigenvalue weighted by atomic mass is 10.3. The standard InChI is InChI=1S/C6H6O2.C4H8/c7-5-1-2-6(8)4-3-5;1-3-4-2/h1-4,7-8H;3-4H,1-2H3. The third-order valence-electron chi connectivity index (χ3n) is 1.18. The molecule has 1 aromatic rings. The van der Waals surface area contributed by atoms with Gasteiger partial charge in [-0.05, 0) is 38.1 Å². The molecule has 0 aliphatic carbocycles. The Bertz CT molecular complexity index is 199. The number of hydrogen-bond donors (Lipinski definition) is 2. The van der Waals surface area contributed by atoms with E-state index in [1.54, 1.807) is 0 Å². The number of rotatable bonds is 0. The topological polar surface area (TPSA) is 40.5 Å². The molecule has 0 aliphatic heterocycles. The molecule has 0 spiro atoms. The van der Waals surface area contributed by atoms with Crippen LogP contribution in [-0.2, 0) is 0 Å². The van der Waals surface area contributed by atoms with E-state index in [0.717, 1.165) is 0 Å². The predicted molar refractivity (Wildman–Crippen MR) is 50.3 cm³/mol. The second kappa shape index (κ2) is 6.28. The van der Waals surface area contributed by atoms with Crippen LogP contribution in [0.25, 0.3) is 0 Å². The summed E-state index contributed by atoms with van der Waals surface area (Å²) in [5, 5.41) is 17.3. The molecule has 12 heavy (non-hydrogen) atoms. The molecular formula is C10H14O2. The summed E-state index contributed by atoms with van der Waals surface area (Å²) in [6, 6.07) is 5.70. The summed E-state index contributed by atoms with van der Waals surface area (Å²) in [7, 11) is 0. The average Bonchev–Trinajstić information content (AvgIpc) is 2.11. The lowest BCUT2D eigenvalue weighted by Gasteiger charge is -1.88. The Morgan fingerprint density at radius 1 is 0.833 bits per heavy atom. The molecule has 0 unspecified atom stereocenters. The van der Waals surface area contributed by atoms with Gasteiger partial charge in [0.15, 0.2) is 0 Å². The van der Waals surface area contributed by atoms with Gasteiger partial charge in [-0.2, -0.15) is 0 Å². The Balaban J connectivity index is 0.000000261. The maximum atomic E-state index is 8.65. The number of phenolic OH excluding ortho intramolecular Hbond substituents is 2. The summed E-state index contributed by atoms with van der Waals surface area (Å²) in [5.41, 5.74) is 0. The van der Waals surface area contributed by atoms with Crippen LogP contribution in [0.4, 0.5) is 0 Å². The van der Waals surface area contributed by atoms with Crippen LogP contribution < -0.4 is 0 Å². The van der Waals surface area contributed by atoms with Crippen molar-refractivity contribution in [1.29, 1.82) is 0 Å². The van der Waals surface area contributed by atoms with Crippen LogP contribution in [0, 0.1) is 0 Å². The van der Waals surface area contributed by atoms with Crippen LogP contribution >= 0.6 is 0 Å². The molecule has 1 rings (SSSR count). The molecule has 0 aliphatic rings. The van der Waals surface area contributed by atoms with E-state index in [2.05, 4.69) is 0 Å². The summed E-state index contributed by atoms with van der Waals surface area (Å²) >= 11 is 0. The fourth-order valence-corrected chi connectivity index (χ4v) is 0.453. The second-order valence-corrected chi connectivity index (χ2v) is 2.18. The smallest absolute Gasteiger partial charge is 0.115 e. The molecule has 0 fully saturated rings. The molecule has 2 heteroatoms. The van der Waals surface area contributed by atoms with Crippen LogP contribution in [0.2, 0.25) is 0 Å². The Hall–Kier alpha value is -1.44. The first-order valence-electron chi connectivity index (χ1n) is 3.76. The van der Waals surface area contributed by atoms with Crippen molar-refractivity contribution < 1.29 is 10.2 Å². The first-order chi connectivity index (χ1) is 5.70. The molecule has 2 nitrogen and oxygen atoms in total. The molecular weight excluding hydrogens is 152 g/mol. The van der Waals surface area contributed by atoms with Crippen LogP contribution in [0.3, 0.4) is 0 Å². The highest BCUT2D eigenvalue weighted by Crippen LogP contribution is 2.13. The molecule has 1 aromatic carbocycles. The molecule has 66 valence electrons. The molecule has 2 N–H and O–H groups in total. The van der Waals surface area contributed by atoms with Crippen molar-refractivity contribution >= 4 is 0 Å². The van der Waals surface area contributed by atoms with Gasteiger partial charge in [0.2, 0.25) is 0 Å². The molecule has 0 bridgehead atoms. The van der Waals surface area contributed by atoms with Crippen molar-refractivity contribution in [2.45, 2.75) is 13.8 Å². The van der Waals surface area contributed by atoms with E-state index in [4.69, 9.17) is 10.2 Å². The van der Waals surface area contributed by atoms with Crippen molar-refractivity contribution in [2.24, 2.45) is 0 Å². The van der Waals surface area contributed by atoms with Gasteiger partial charge in [0.05, 0.1) is 0 Å². The number of allylic oxidation sites excluding steroid dienone is 2. The Kier molecular flexibility index (Phi) is 5.53. The predicted octanol–water partition coefficient (Wildman–Crippen LogP) is 2.68. The van der Waals surface area contributed by atoms with E-state index in [-0.39, 0.29) is 11.5 Å². The zero-order chi connectivity index (χ0) is 9.40. The van der Waals surface area contributed by atoms with E-state index in [9.17, 15) is 0 Å². The zero-order valence-corrected chi connectivity index (χ0v) is 7.36. The summed E-state index contributed by atoms with van der Waals surface area (Å²) in [5.74, 6) is 0.339. The SMILES string of the molecule is CC=CC.Oc1ccc(O)cc1. The van der Waals surface area contributed by atoms with Crippen LogP contribution in [0.5, 0.6) is 11.5 Å². The van der Waals surface area contributed by atoms with Crippen molar-refractivity contribution in [3.8, 4) is 11.5 Å². The number of hydrogen-bond acceptors (Lipinski definition) is 2. The van der Waals surface area contributed by atoms with E-state index < -0.39 is 0 Å². The lowest BCUT2D eigenvalue weighted by Crippen LogP contribution is -1.61. The van der Waals surface area contributed by atoms with Crippen molar-refractivity contribution in [3.05, 3.63) is 36.4 Å². The van der Waals surface area contributed by atoms with Gasteiger partial charge in [0.25, 0.3) is 0 Å². The van der Waals surface area contributed by atoms with E-state index in [1.807, 2.05) is 26.0 Å². The Morgan fingerprint density at radius 3 is 1.25 bits per heavy atom. The van der Waals surface area contributed by atoms with Crippen LogP contribution in [0.15, 0.2) is 36.4 Å². The van der Waals surface area contributed by atoms with Gasteiger partial charge in [-0.1, -0.05) is 12.2 Å². The maximum absolute atomic E-state index is 8.65. The molecule has 0 aromatic heterocycles. The summed E-state index contributed by atoms with van der Waals surface area (Å²) in [4.78, 5) is 0. The van der Waals surface area contributed by atoms with E-state index in [1.165, 1.54) is 24.3 Å². The number of phenols is 2. The van der Waals surface area contributed by atoms with Crippen LogP contribution in [-0.4, -0.2) is 10.2 Å². The van der Waals surface area contributed by atoms with Gasteiger partial charge in [-0.3, -0.25) is 0 Å². The van der Waals surface area contributed by atoms with Gasteiger partial charge < -0.3 is 10.2 Å².